The maximum Gasteiger partial charge on any atom is 0.307 e. The number of carboxylic acid groups (broad SMARTS) is 2. The molecule has 1 saturated carbocycles. The maximum absolute atomic E-state index is 9.85. The van der Waals surface area contributed by atoms with Gasteiger partial charge in [-0.1, -0.05) is 41.4 Å². The number of rotatable bonds is 5. The fraction of sp³-hybridized carbons (Fsp3) is 0.524. The van der Waals surface area contributed by atoms with Crippen molar-refractivity contribution in [3.8, 4) is 0 Å². The second-order valence-corrected chi connectivity index (χ2v) is 9.22. The fourth-order valence-corrected chi connectivity index (χ4v) is 3.91. The molecule has 2 unspecified atom stereocenters. The highest BCUT2D eigenvalue weighted by molar-refractivity contribution is 6.42. The number of hydrogen-bond donors (Lipinski definition) is 2. The Hall–Kier alpha value is -1.56. The summed E-state index contributed by atoms with van der Waals surface area (Å²) in [6.45, 7) is 9.24. The molecule has 5 nitrogen and oxygen atoms in total. The molecule has 1 aliphatic carbocycles. The number of halogens is 2. The van der Waals surface area contributed by atoms with Gasteiger partial charge in [0.05, 0.1) is 22.9 Å². The van der Waals surface area contributed by atoms with Gasteiger partial charge < -0.3 is 10.2 Å². The third-order valence-electron chi connectivity index (χ3n) is 5.34. The van der Waals surface area contributed by atoms with Crippen LogP contribution in [0, 0.1) is 5.92 Å². The van der Waals surface area contributed by atoms with E-state index in [2.05, 4.69) is 37.8 Å². The molecular formula is C21H27Cl2NO4. The summed E-state index contributed by atoms with van der Waals surface area (Å²) in [4.78, 5) is 22.3. The Kier molecular flexibility index (Phi) is 7.18. The van der Waals surface area contributed by atoms with Crippen LogP contribution in [-0.4, -0.2) is 45.7 Å². The summed E-state index contributed by atoms with van der Waals surface area (Å²) in [5.41, 5.74) is 1.98. The molecule has 0 amide bonds. The van der Waals surface area contributed by atoms with Gasteiger partial charge in [0.2, 0.25) is 0 Å². The van der Waals surface area contributed by atoms with E-state index in [-0.39, 0.29) is 18.4 Å². The molecule has 0 bridgehead atoms. The van der Waals surface area contributed by atoms with Crippen molar-refractivity contribution in [1.29, 1.82) is 0 Å². The molecule has 28 heavy (non-hydrogen) atoms. The Morgan fingerprint density at radius 3 is 2.14 bits per heavy atom. The largest absolute Gasteiger partial charge is 0.481 e. The van der Waals surface area contributed by atoms with Gasteiger partial charge in [-0.3, -0.25) is 14.5 Å². The van der Waals surface area contributed by atoms with Gasteiger partial charge in [-0.05, 0) is 50.8 Å². The molecule has 2 fully saturated rings. The predicted octanol–water partition coefficient (Wildman–Crippen LogP) is 4.86. The average molecular weight is 428 g/mol. The van der Waals surface area contributed by atoms with Crippen LogP contribution in [0.15, 0.2) is 30.4 Å². The van der Waals surface area contributed by atoms with Crippen LogP contribution >= 0.6 is 23.2 Å². The van der Waals surface area contributed by atoms with Crippen molar-refractivity contribution in [2.24, 2.45) is 5.92 Å². The molecule has 0 radical (unpaired) electrons. The summed E-state index contributed by atoms with van der Waals surface area (Å²) < 4.78 is 0. The van der Waals surface area contributed by atoms with Crippen LogP contribution < -0.4 is 0 Å². The van der Waals surface area contributed by atoms with Crippen LogP contribution in [0.1, 0.15) is 45.6 Å². The highest BCUT2D eigenvalue weighted by atomic mass is 35.5. The Bertz CT molecular complexity index is 754. The van der Waals surface area contributed by atoms with Crippen LogP contribution in [0.4, 0.5) is 0 Å². The van der Waals surface area contributed by atoms with E-state index in [0.29, 0.717) is 15.5 Å². The number of likely N-dealkylation sites (tertiary alicyclic amines) is 1. The first-order chi connectivity index (χ1) is 13.0. The summed E-state index contributed by atoms with van der Waals surface area (Å²) in [5.74, 6) is -1.11. The lowest BCUT2D eigenvalue weighted by atomic mass is 9.94. The van der Waals surface area contributed by atoms with Gasteiger partial charge in [0.1, 0.15) is 0 Å². The van der Waals surface area contributed by atoms with E-state index < -0.39 is 11.9 Å². The van der Waals surface area contributed by atoms with Gasteiger partial charge in [0, 0.05) is 24.0 Å². The minimum atomic E-state index is -0.957. The Balaban J connectivity index is 0.000000242. The van der Waals surface area contributed by atoms with Crippen molar-refractivity contribution < 1.29 is 19.8 Å². The number of benzene rings is 1. The molecular weight excluding hydrogens is 401 g/mol. The number of carbonyl (C=O) groups is 2. The molecule has 1 aliphatic heterocycles. The Labute approximate surface area is 175 Å². The topological polar surface area (TPSA) is 77.8 Å². The minimum absolute atomic E-state index is 0.118. The summed E-state index contributed by atoms with van der Waals surface area (Å²) in [6.07, 6.45) is 3.70. The highest BCUT2D eigenvalue weighted by Gasteiger charge is 2.61. The lowest BCUT2D eigenvalue weighted by Crippen LogP contribution is -2.42. The first-order valence-electron chi connectivity index (χ1n) is 9.25. The second kappa shape index (κ2) is 8.85. The van der Waals surface area contributed by atoms with Crippen molar-refractivity contribution in [2.75, 3.05) is 13.1 Å². The van der Waals surface area contributed by atoms with E-state index in [9.17, 15) is 9.59 Å². The number of fused-ring (bicyclic) bond motifs is 1. The quantitative estimate of drug-likeness (QED) is 0.656. The van der Waals surface area contributed by atoms with Crippen molar-refractivity contribution in [3.05, 3.63) is 46.0 Å². The molecule has 1 aromatic carbocycles. The van der Waals surface area contributed by atoms with Crippen LogP contribution in [0.5, 0.6) is 0 Å². The van der Waals surface area contributed by atoms with Crippen molar-refractivity contribution in [2.45, 2.75) is 51.0 Å². The van der Waals surface area contributed by atoms with Gasteiger partial charge in [-0.25, -0.2) is 0 Å². The molecule has 7 heteroatoms. The number of nitrogens with zero attached hydrogens (tertiary/aromatic N) is 1. The predicted molar refractivity (Wildman–Crippen MR) is 111 cm³/mol. The summed E-state index contributed by atoms with van der Waals surface area (Å²) in [5, 5.41) is 17.5. The minimum Gasteiger partial charge on any atom is -0.481 e. The highest BCUT2D eigenvalue weighted by Crippen LogP contribution is 2.60. The van der Waals surface area contributed by atoms with Crippen LogP contribution in [0.25, 0.3) is 0 Å². The number of aliphatic carboxylic acids is 2. The summed E-state index contributed by atoms with van der Waals surface area (Å²) in [6, 6.07) is 6.15. The normalized spacial score (nSPS) is 23.8. The van der Waals surface area contributed by atoms with E-state index in [1.54, 1.807) is 0 Å². The van der Waals surface area contributed by atoms with Crippen LogP contribution in [0.3, 0.4) is 0 Å². The van der Waals surface area contributed by atoms with Crippen molar-refractivity contribution in [3.63, 3.8) is 0 Å². The SMILES string of the molecule is CC(C)(C)N1CC2CC2(c2ccc(Cl)c(Cl)c2)C1.O=C(O)C/C=C\CC(=O)O. The van der Waals surface area contributed by atoms with Gasteiger partial charge in [-0.2, -0.15) is 0 Å². The van der Waals surface area contributed by atoms with Crippen LogP contribution in [0.2, 0.25) is 10.0 Å². The summed E-state index contributed by atoms with van der Waals surface area (Å²) >= 11 is 12.2. The lowest BCUT2D eigenvalue weighted by Gasteiger charge is -2.34. The molecule has 1 aromatic rings. The smallest absolute Gasteiger partial charge is 0.307 e. The standard InChI is InChI=1S/C15H19Cl2N.C6H8O4/c1-14(2,3)18-8-11-7-15(11,9-18)10-4-5-12(16)13(17)6-10;7-5(8)3-1-2-4-6(9)10/h4-6,11H,7-9H2,1-3H3;1-2H,3-4H2,(H,7,8)(H,9,10)/b;2-1-. The van der Waals surface area contributed by atoms with E-state index >= 15 is 0 Å². The lowest BCUT2D eigenvalue weighted by molar-refractivity contribution is -0.137. The Morgan fingerprint density at radius 1 is 1.14 bits per heavy atom. The number of piperidine rings is 1. The zero-order valence-electron chi connectivity index (χ0n) is 16.4. The van der Waals surface area contributed by atoms with Gasteiger partial charge in [0.25, 0.3) is 0 Å². The third kappa shape index (κ3) is 5.72. The maximum atomic E-state index is 9.85. The molecule has 1 heterocycles. The number of carboxylic acids is 2. The molecule has 3 rings (SSSR count). The molecule has 2 N–H and O–H groups in total. The molecule has 154 valence electrons. The van der Waals surface area contributed by atoms with E-state index in [1.807, 2.05) is 6.07 Å². The van der Waals surface area contributed by atoms with Gasteiger partial charge in [-0.15, -0.1) is 0 Å². The fourth-order valence-electron chi connectivity index (χ4n) is 3.61. The van der Waals surface area contributed by atoms with Gasteiger partial charge >= 0.3 is 11.9 Å². The van der Waals surface area contributed by atoms with E-state index in [1.165, 1.54) is 30.7 Å². The second-order valence-electron chi connectivity index (χ2n) is 8.40. The monoisotopic (exact) mass is 427 g/mol. The Morgan fingerprint density at radius 2 is 1.71 bits per heavy atom. The molecule has 2 atom stereocenters. The van der Waals surface area contributed by atoms with E-state index in [4.69, 9.17) is 33.4 Å². The van der Waals surface area contributed by atoms with Crippen LogP contribution in [-0.2, 0) is 15.0 Å². The van der Waals surface area contributed by atoms with Crippen molar-refractivity contribution >= 4 is 35.1 Å². The zero-order valence-corrected chi connectivity index (χ0v) is 17.9. The zero-order chi connectivity index (χ0) is 21.1. The molecule has 0 aromatic heterocycles. The first-order valence-corrected chi connectivity index (χ1v) is 10.0. The van der Waals surface area contributed by atoms with E-state index in [0.717, 1.165) is 12.5 Å². The number of hydrogen-bond acceptors (Lipinski definition) is 3. The average Bonchev–Trinajstić information content (AvgIpc) is 3.15. The van der Waals surface area contributed by atoms with Crippen molar-refractivity contribution in [1.82, 2.24) is 4.90 Å². The first kappa shape index (κ1) is 22.7. The third-order valence-corrected chi connectivity index (χ3v) is 6.08. The molecule has 1 saturated heterocycles. The van der Waals surface area contributed by atoms with Gasteiger partial charge in [0.15, 0.2) is 0 Å². The summed E-state index contributed by atoms with van der Waals surface area (Å²) in [7, 11) is 0. The molecule has 2 aliphatic rings. The molecule has 0 spiro atoms.